The van der Waals surface area contributed by atoms with Gasteiger partial charge in [-0.25, -0.2) is 23.1 Å². The van der Waals surface area contributed by atoms with E-state index in [1.54, 1.807) is 30.3 Å². The van der Waals surface area contributed by atoms with Crippen LogP contribution < -0.4 is 16.0 Å². The molecule has 19 atom stereocenters. The topological polar surface area (TPSA) is 611 Å². The molecule has 1 aromatic carbocycles. The molecule has 634 valence electrons. The van der Waals surface area contributed by atoms with Crippen molar-refractivity contribution in [3.8, 4) is 0 Å². The molecule has 43 nitrogen and oxygen atoms in total. The number of hydrogen-bond acceptors (Lipinski definition) is 36. The first-order valence-corrected chi connectivity index (χ1v) is 41.3. The summed E-state index contributed by atoms with van der Waals surface area (Å²) in [6.45, 7) is -2.36. The molecule has 16 N–H and O–H groups in total. The molecule has 10 unspecified atom stereocenters. The maximum atomic E-state index is 12.9. The maximum Gasteiger partial charge on any atom is 0.531 e. The summed E-state index contributed by atoms with van der Waals surface area (Å²) < 4.78 is 154. The van der Waals surface area contributed by atoms with E-state index in [2.05, 4.69) is 20.5 Å². The summed E-state index contributed by atoms with van der Waals surface area (Å²) in [7, 11) is -18.8. The van der Waals surface area contributed by atoms with Crippen LogP contribution in [-0.2, 0) is 128 Å². The Bertz CT molecular complexity index is 2700. The number of carbonyl (C=O) groups excluding carboxylic acids is 4. The minimum Gasteiger partial charge on any atom is -0.429 e. The molecule has 0 radical (unpaired) electrons. The van der Waals surface area contributed by atoms with Gasteiger partial charge in [0.05, 0.1) is 97.9 Å². The molecule has 3 aliphatic heterocycles. The predicted molar refractivity (Wildman–Crippen MR) is 369 cm³/mol. The second-order valence-electron chi connectivity index (χ2n) is 25.3. The second-order valence-corrected chi connectivity index (χ2v) is 31.1. The van der Waals surface area contributed by atoms with Crippen molar-refractivity contribution >= 4 is 55.2 Å². The Morgan fingerprint density at radius 3 is 0.945 bits per heavy atom. The van der Waals surface area contributed by atoms with E-state index in [0.29, 0.717) is 5.56 Å². The van der Waals surface area contributed by atoms with Gasteiger partial charge < -0.3 is 133 Å². The number of unbranched alkanes of at least 4 members (excludes halogenated alkanes) is 4. The Morgan fingerprint density at radius 2 is 0.651 bits per heavy atom. The predicted octanol–water partition coefficient (Wildman–Crippen LogP) is -0.918. The summed E-state index contributed by atoms with van der Waals surface area (Å²) in [5.41, 5.74) is -0.657. The highest BCUT2D eigenvalue weighted by Crippen LogP contribution is 2.46. The van der Waals surface area contributed by atoms with Crippen molar-refractivity contribution in [2.24, 2.45) is 5.41 Å². The van der Waals surface area contributed by atoms with Crippen LogP contribution in [0.5, 0.6) is 0 Å². The summed E-state index contributed by atoms with van der Waals surface area (Å²) in [4.78, 5) is 89.0. The van der Waals surface area contributed by atoms with E-state index in [1.165, 1.54) is 20.8 Å². The number of ether oxygens (including phenoxy) is 11. The highest BCUT2D eigenvalue weighted by atomic mass is 31.2. The Morgan fingerprint density at radius 1 is 0.385 bits per heavy atom. The molecule has 3 saturated heterocycles. The van der Waals surface area contributed by atoms with Gasteiger partial charge in [-0.05, 0) is 76.2 Å². The van der Waals surface area contributed by atoms with E-state index in [0.717, 1.165) is 0 Å². The quantitative estimate of drug-likeness (QED) is 0.0213. The van der Waals surface area contributed by atoms with Crippen LogP contribution in [0.3, 0.4) is 0 Å². The highest BCUT2D eigenvalue weighted by Gasteiger charge is 2.48. The minimum atomic E-state index is -4.92. The van der Waals surface area contributed by atoms with E-state index >= 15 is 0 Å². The number of phosphoric acid groups is 4. The Balaban J connectivity index is 1.35. The first kappa shape index (κ1) is 98.0. The van der Waals surface area contributed by atoms with Crippen LogP contribution in [0, 0.1) is 5.41 Å². The van der Waals surface area contributed by atoms with E-state index in [1.807, 2.05) is 0 Å². The maximum absolute atomic E-state index is 12.9. The zero-order valence-electron chi connectivity index (χ0n) is 61.0. The van der Waals surface area contributed by atoms with Crippen molar-refractivity contribution in [1.82, 2.24) is 16.0 Å². The van der Waals surface area contributed by atoms with Gasteiger partial charge in [-0.15, -0.1) is 0 Å². The van der Waals surface area contributed by atoms with Gasteiger partial charge in [0.2, 0.25) is 17.7 Å². The first-order chi connectivity index (χ1) is 51.8. The molecular formula is C62H111N3O40P4. The molecule has 3 heterocycles. The fraction of sp³-hybridized carbons (Fsp3) is 0.839. The van der Waals surface area contributed by atoms with Crippen molar-refractivity contribution in [1.29, 1.82) is 0 Å². The number of aliphatic hydroxyl groups is 9. The standard InChI is InChI=1S/C62H111N3O40P4/c1-42(69)63-49-55(75)52(72)46(34-66)102-58(49)91-24-8-12-27-95-106(79,80)98-31-15-21-88-39-62(38-87-20-7-11-30-101-109(85,86)105-61(78)94-37-45-18-5-4-6-19-45,40-89-22-16-32-99-107(81,82)96-28-13-9-25-92-59-50(64-43(2)70)56(76)53(73)47(35-67)103-59)41-90-23-17-33-100-108(83,84)97-29-14-10-26-93-60-51(65-44(3)71)57(77)54(74)48(36-68)104-60/h4-6,18-19,46-60,66-68,72-77H,7-17,20-41H2,1-3H3,(H,63,69)(H,64,70)(H,65,71)(H,79,80)(H,81,82)(H,83,84)(H,85,86)/t46?,47?,48?,49?,50?,51?,52-,53-,54+,55-,56-,57-,58-,59-,60-,62?/m1/s1. The SMILES string of the molecule is CC(=O)NC1[C@H](OCCCCOP(=O)(O)OCCCOCC(COCCCCOP(=O)(O)OC(=O)OCc2ccccc2)(COCCCOP(=O)(O)OCCCCO[C@@H]2OC(CO)[C@@H](O)[C@H](O)C2NC(C)=O)COCCCOP(=O)(O)OCCCCO[C@@H]2OC(CO)[C@H](O)[C@H](O)C2NC(C)=O)OC(CO)[C@@H](O)[C@@H]1O. The third-order valence-corrected chi connectivity index (χ3v) is 19.9. The van der Waals surface area contributed by atoms with Gasteiger partial charge in [0.1, 0.15) is 79.7 Å². The molecule has 0 saturated carbocycles. The fourth-order valence-corrected chi connectivity index (χ4v) is 13.5. The second kappa shape index (κ2) is 52.3. The van der Waals surface area contributed by atoms with Crippen molar-refractivity contribution in [2.45, 2.75) is 190 Å². The molecule has 3 fully saturated rings. The zero-order valence-corrected chi connectivity index (χ0v) is 64.6. The Labute approximate surface area is 630 Å². The first-order valence-electron chi connectivity index (χ1n) is 35.3. The van der Waals surface area contributed by atoms with Crippen LogP contribution in [0.15, 0.2) is 30.3 Å². The van der Waals surface area contributed by atoms with Crippen LogP contribution in [0.25, 0.3) is 0 Å². The summed E-state index contributed by atoms with van der Waals surface area (Å²) in [5.74, 6) is -1.65. The van der Waals surface area contributed by atoms with Crippen LogP contribution >= 0.6 is 31.3 Å². The van der Waals surface area contributed by atoms with E-state index in [9.17, 15) is 103 Å². The number of carbonyl (C=O) groups is 4. The summed E-state index contributed by atoms with van der Waals surface area (Å²) >= 11 is 0. The molecule has 3 amide bonds. The van der Waals surface area contributed by atoms with Gasteiger partial charge in [-0.1, -0.05) is 30.3 Å². The number of hydrogen-bond donors (Lipinski definition) is 16. The summed E-state index contributed by atoms with van der Waals surface area (Å²) in [6, 6.07) is 4.92. The average molecular weight is 1660 g/mol. The smallest absolute Gasteiger partial charge is 0.429 e. The van der Waals surface area contributed by atoms with Crippen molar-refractivity contribution in [3.05, 3.63) is 35.9 Å². The van der Waals surface area contributed by atoms with Gasteiger partial charge in [-0.2, -0.15) is 0 Å². The van der Waals surface area contributed by atoms with Crippen molar-refractivity contribution in [3.63, 3.8) is 0 Å². The lowest BCUT2D eigenvalue weighted by Gasteiger charge is -2.42. The van der Waals surface area contributed by atoms with Gasteiger partial charge in [0.15, 0.2) is 18.9 Å². The zero-order chi connectivity index (χ0) is 80.5. The third kappa shape index (κ3) is 39.2. The number of nitrogens with one attached hydrogen (secondary N) is 3. The lowest BCUT2D eigenvalue weighted by atomic mass is 9.92. The van der Waals surface area contributed by atoms with Crippen LogP contribution in [-0.4, -0.2) is 320 Å². The molecular weight excluding hydrogens is 1550 g/mol. The molecule has 109 heavy (non-hydrogen) atoms. The Kier molecular flexibility index (Phi) is 47.0. The molecule has 0 aliphatic carbocycles. The van der Waals surface area contributed by atoms with Gasteiger partial charge in [0, 0.05) is 67.0 Å². The number of amides is 3. The van der Waals surface area contributed by atoms with Crippen molar-refractivity contribution < 1.29 is 191 Å². The van der Waals surface area contributed by atoms with Gasteiger partial charge in [0.25, 0.3) is 0 Å². The van der Waals surface area contributed by atoms with Crippen LogP contribution in [0.1, 0.15) is 97.0 Å². The summed E-state index contributed by atoms with van der Waals surface area (Å²) in [6.07, 6.45) is -16.6. The molecule has 0 aromatic heterocycles. The van der Waals surface area contributed by atoms with Crippen LogP contribution in [0.4, 0.5) is 4.79 Å². The number of benzene rings is 1. The molecule has 1 aromatic rings. The number of aliphatic hydroxyl groups excluding tert-OH is 9. The largest absolute Gasteiger partial charge is 0.531 e. The van der Waals surface area contributed by atoms with Gasteiger partial charge in [-0.3, -0.25) is 50.9 Å². The van der Waals surface area contributed by atoms with E-state index < -0.39 is 172 Å². The molecule has 0 spiro atoms. The molecule has 3 aliphatic rings. The molecule has 0 bridgehead atoms. The normalized spacial score (nSPS) is 27.2. The lowest BCUT2D eigenvalue weighted by molar-refractivity contribution is -0.270. The molecule has 47 heteroatoms. The monoisotopic (exact) mass is 1660 g/mol. The summed E-state index contributed by atoms with van der Waals surface area (Å²) in [5, 5.41) is 98.4. The third-order valence-electron chi connectivity index (χ3n) is 16.0. The number of phosphoric ester groups is 4. The van der Waals surface area contributed by atoms with Crippen LogP contribution in [0.2, 0.25) is 0 Å². The average Bonchev–Trinajstić information content (AvgIpc) is 0.819. The molecule has 4 rings (SSSR count). The Hall–Kier alpha value is -3.38. The van der Waals surface area contributed by atoms with Crippen molar-refractivity contribution in [2.75, 3.05) is 139 Å². The minimum absolute atomic E-state index is 0.00928. The lowest BCUT2D eigenvalue weighted by Crippen LogP contribution is -2.64. The number of rotatable bonds is 59. The van der Waals surface area contributed by atoms with E-state index in [4.69, 9.17) is 83.8 Å². The van der Waals surface area contributed by atoms with E-state index in [-0.39, 0.29) is 196 Å². The fourth-order valence-electron chi connectivity index (χ4n) is 10.5. The van der Waals surface area contributed by atoms with Gasteiger partial charge >= 0.3 is 37.4 Å². The highest BCUT2D eigenvalue weighted by molar-refractivity contribution is 7.48.